The molecule has 110 valence electrons. The summed E-state index contributed by atoms with van der Waals surface area (Å²) in [6, 6.07) is 19.7. The van der Waals surface area contributed by atoms with Crippen molar-refractivity contribution >= 4 is 34.9 Å². The van der Waals surface area contributed by atoms with Crippen molar-refractivity contribution in [2.45, 2.75) is 0 Å². The minimum atomic E-state index is 0.145. The maximum absolute atomic E-state index is 6.02. The third-order valence-electron chi connectivity index (χ3n) is 3.05. The van der Waals surface area contributed by atoms with Gasteiger partial charge < -0.3 is 5.32 Å². The van der Waals surface area contributed by atoms with Gasteiger partial charge in [-0.3, -0.25) is 4.90 Å². The lowest BCUT2D eigenvalue weighted by Gasteiger charge is -2.23. The maximum Gasteiger partial charge on any atom is 0.240 e. The molecule has 3 aromatic rings. The molecule has 0 unspecified atom stereocenters. The standard InChI is InChI=1S/C16H14ClN5/c1-18-15-19-14(17)20-16(21-15)22(12-8-4-2-5-9-12)13-10-6-3-7-11-13/h2-11H,1H3,(H,18,19,20,21). The number of aromatic nitrogens is 3. The van der Waals surface area contributed by atoms with Crippen LogP contribution in [0.3, 0.4) is 0 Å². The van der Waals surface area contributed by atoms with E-state index in [2.05, 4.69) is 20.3 Å². The highest BCUT2D eigenvalue weighted by atomic mass is 35.5. The molecular weight excluding hydrogens is 298 g/mol. The van der Waals surface area contributed by atoms with Crippen LogP contribution in [-0.4, -0.2) is 22.0 Å². The van der Waals surface area contributed by atoms with Crippen molar-refractivity contribution in [2.75, 3.05) is 17.3 Å². The molecule has 0 aliphatic carbocycles. The topological polar surface area (TPSA) is 53.9 Å². The first-order valence-electron chi connectivity index (χ1n) is 6.77. The molecule has 0 aliphatic rings. The summed E-state index contributed by atoms with van der Waals surface area (Å²) < 4.78 is 0. The zero-order valence-electron chi connectivity index (χ0n) is 11.9. The molecule has 1 N–H and O–H groups in total. The third-order valence-corrected chi connectivity index (χ3v) is 3.22. The summed E-state index contributed by atoms with van der Waals surface area (Å²) >= 11 is 6.02. The van der Waals surface area contributed by atoms with Gasteiger partial charge in [-0.15, -0.1) is 0 Å². The molecule has 0 bridgehead atoms. The third kappa shape index (κ3) is 2.99. The van der Waals surface area contributed by atoms with Crippen molar-refractivity contribution in [2.24, 2.45) is 0 Å². The van der Waals surface area contributed by atoms with Crippen LogP contribution in [-0.2, 0) is 0 Å². The maximum atomic E-state index is 6.02. The van der Waals surface area contributed by atoms with Crippen LogP contribution in [0.15, 0.2) is 60.7 Å². The van der Waals surface area contributed by atoms with Crippen molar-refractivity contribution in [3.8, 4) is 0 Å². The fourth-order valence-corrected chi connectivity index (χ4v) is 2.24. The summed E-state index contributed by atoms with van der Waals surface area (Å²) in [4.78, 5) is 14.6. The van der Waals surface area contributed by atoms with Gasteiger partial charge in [0.05, 0.1) is 0 Å². The second-order valence-electron chi connectivity index (χ2n) is 4.48. The fourth-order valence-electron chi connectivity index (χ4n) is 2.09. The van der Waals surface area contributed by atoms with E-state index in [-0.39, 0.29) is 5.28 Å². The number of anilines is 4. The molecule has 0 atom stereocenters. The molecule has 0 saturated heterocycles. The molecule has 1 aromatic heterocycles. The van der Waals surface area contributed by atoms with Crippen LogP contribution in [0.1, 0.15) is 0 Å². The molecule has 0 radical (unpaired) electrons. The Morgan fingerprint density at radius 2 is 1.36 bits per heavy atom. The Balaban J connectivity index is 2.16. The zero-order valence-corrected chi connectivity index (χ0v) is 12.7. The van der Waals surface area contributed by atoms with E-state index in [1.54, 1.807) is 7.05 Å². The molecule has 5 nitrogen and oxygen atoms in total. The first kappa shape index (κ1) is 14.3. The average Bonchev–Trinajstić information content (AvgIpc) is 2.56. The van der Waals surface area contributed by atoms with Crippen molar-refractivity contribution in [1.29, 1.82) is 0 Å². The SMILES string of the molecule is CNc1nc(Cl)nc(N(c2ccccc2)c2ccccc2)n1. The van der Waals surface area contributed by atoms with E-state index in [9.17, 15) is 0 Å². The number of halogens is 1. The number of nitrogens with one attached hydrogen (secondary N) is 1. The molecule has 3 rings (SSSR count). The van der Waals surface area contributed by atoms with Gasteiger partial charge in [0.2, 0.25) is 17.2 Å². The molecule has 2 aromatic carbocycles. The molecule has 0 spiro atoms. The minimum absolute atomic E-state index is 0.145. The van der Waals surface area contributed by atoms with E-state index in [1.807, 2.05) is 65.6 Å². The molecule has 6 heteroatoms. The Labute approximate surface area is 133 Å². The van der Waals surface area contributed by atoms with E-state index >= 15 is 0 Å². The van der Waals surface area contributed by atoms with Crippen LogP contribution < -0.4 is 10.2 Å². The van der Waals surface area contributed by atoms with Gasteiger partial charge in [0.15, 0.2) is 0 Å². The van der Waals surface area contributed by atoms with Gasteiger partial charge in [0.1, 0.15) is 0 Å². The zero-order chi connectivity index (χ0) is 15.4. The Hall–Kier alpha value is -2.66. The Morgan fingerprint density at radius 1 is 0.818 bits per heavy atom. The molecular formula is C16H14ClN5. The van der Waals surface area contributed by atoms with E-state index in [4.69, 9.17) is 11.6 Å². The highest BCUT2D eigenvalue weighted by Gasteiger charge is 2.16. The van der Waals surface area contributed by atoms with Crippen LogP contribution in [0.4, 0.5) is 23.3 Å². The first-order chi connectivity index (χ1) is 10.8. The van der Waals surface area contributed by atoms with Gasteiger partial charge in [-0.2, -0.15) is 15.0 Å². The van der Waals surface area contributed by atoms with E-state index in [0.29, 0.717) is 11.9 Å². The lowest BCUT2D eigenvalue weighted by Crippen LogP contribution is -2.15. The number of para-hydroxylation sites is 2. The molecule has 0 amide bonds. The second-order valence-corrected chi connectivity index (χ2v) is 4.82. The largest absolute Gasteiger partial charge is 0.357 e. The lowest BCUT2D eigenvalue weighted by molar-refractivity contribution is 1.01. The highest BCUT2D eigenvalue weighted by molar-refractivity contribution is 6.28. The van der Waals surface area contributed by atoms with E-state index in [0.717, 1.165) is 11.4 Å². The van der Waals surface area contributed by atoms with E-state index in [1.165, 1.54) is 0 Å². The quantitative estimate of drug-likeness (QED) is 0.788. The van der Waals surface area contributed by atoms with Gasteiger partial charge in [0, 0.05) is 18.4 Å². The van der Waals surface area contributed by atoms with Crippen LogP contribution in [0.25, 0.3) is 0 Å². The Kier molecular flexibility index (Phi) is 4.16. The smallest absolute Gasteiger partial charge is 0.240 e. The molecule has 0 fully saturated rings. The lowest BCUT2D eigenvalue weighted by atomic mass is 10.2. The number of hydrogen-bond acceptors (Lipinski definition) is 5. The summed E-state index contributed by atoms with van der Waals surface area (Å²) in [6.45, 7) is 0. The summed E-state index contributed by atoms with van der Waals surface area (Å²) in [5.74, 6) is 0.883. The van der Waals surface area contributed by atoms with Crippen molar-refractivity contribution in [3.05, 3.63) is 65.9 Å². The molecule has 0 saturated carbocycles. The summed E-state index contributed by atoms with van der Waals surface area (Å²) in [5, 5.41) is 3.04. The molecule has 1 heterocycles. The second kappa shape index (κ2) is 6.41. The highest BCUT2D eigenvalue weighted by Crippen LogP contribution is 2.32. The summed E-state index contributed by atoms with van der Waals surface area (Å²) in [5.41, 5.74) is 1.89. The fraction of sp³-hybridized carbons (Fsp3) is 0.0625. The van der Waals surface area contributed by atoms with Crippen LogP contribution in [0.5, 0.6) is 0 Å². The number of nitrogens with zero attached hydrogens (tertiary/aromatic N) is 4. The van der Waals surface area contributed by atoms with Gasteiger partial charge >= 0.3 is 0 Å². The first-order valence-corrected chi connectivity index (χ1v) is 7.15. The van der Waals surface area contributed by atoms with Gasteiger partial charge in [-0.05, 0) is 35.9 Å². The van der Waals surface area contributed by atoms with E-state index < -0.39 is 0 Å². The Bertz CT molecular complexity index is 709. The van der Waals surface area contributed by atoms with Crippen LogP contribution >= 0.6 is 11.6 Å². The van der Waals surface area contributed by atoms with Crippen molar-refractivity contribution < 1.29 is 0 Å². The van der Waals surface area contributed by atoms with Crippen molar-refractivity contribution in [3.63, 3.8) is 0 Å². The van der Waals surface area contributed by atoms with Crippen molar-refractivity contribution in [1.82, 2.24) is 15.0 Å². The number of benzene rings is 2. The monoisotopic (exact) mass is 311 g/mol. The summed E-state index contributed by atoms with van der Waals surface area (Å²) in [7, 11) is 1.74. The minimum Gasteiger partial charge on any atom is -0.357 e. The molecule has 0 aliphatic heterocycles. The van der Waals surface area contributed by atoms with Gasteiger partial charge in [-0.25, -0.2) is 0 Å². The summed E-state index contributed by atoms with van der Waals surface area (Å²) in [6.07, 6.45) is 0. The number of rotatable bonds is 4. The van der Waals surface area contributed by atoms with Crippen LogP contribution in [0.2, 0.25) is 5.28 Å². The van der Waals surface area contributed by atoms with Crippen LogP contribution in [0, 0.1) is 0 Å². The number of hydrogen-bond donors (Lipinski definition) is 1. The predicted molar refractivity (Wildman–Crippen MR) is 89.1 cm³/mol. The molecule has 22 heavy (non-hydrogen) atoms. The van der Waals surface area contributed by atoms with Gasteiger partial charge in [0.25, 0.3) is 0 Å². The normalized spacial score (nSPS) is 10.3. The average molecular weight is 312 g/mol. The van der Waals surface area contributed by atoms with Gasteiger partial charge in [-0.1, -0.05) is 36.4 Å². The predicted octanol–water partition coefficient (Wildman–Crippen LogP) is 4.04. The Morgan fingerprint density at radius 3 is 1.86 bits per heavy atom.